The number of aromatic hydroxyl groups is 1. The molecular weight excluding hydrogens is 585 g/mol. The number of unbranched alkanes of at least 4 members (excludes halogenated alkanes) is 6. The maximum absolute atomic E-state index is 16.1. The van der Waals surface area contributed by atoms with Gasteiger partial charge in [0.05, 0.1) is 6.10 Å². The van der Waals surface area contributed by atoms with E-state index in [-0.39, 0.29) is 28.9 Å². The number of rotatable bonds is 13. The van der Waals surface area contributed by atoms with Crippen LogP contribution < -0.4 is 4.90 Å². The van der Waals surface area contributed by atoms with Crippen molar-refractivity contribution in [2.75, 3.05) is 11.4 Å². The Labute approximate surface area is 281 Å². The number of carbonyl (C=O) groups is 1. The highest BCUT2D eigenvalue weighted by Gasteiger charge is 2.59. The Bertz CT molecular complexity index is 1540. The zero-order valence-electron chi connectivity index (χ0n) is 28.9. The Morgan fingerprint density at radius 3 is 2.57 bits per heavy atom. The van der Waals surface area contributed by atoms with Gasteiger partial charge in [-0.05, 0) is 120 Å². The van der Waals surface area contributed by atoms with E-state index in [9.17, 15) is 15.0 Å². The van der Waals surface area contributed by atoms with Gasteiger partial charge in [-0.3, -0.25) is 4.79 Å². The zero-order valence-corrected chi connectivity index (χ0v) is 28.9. The SMILES string of the molecule is CCCCCCc1c(N(CCCCCC[C@@H]2Cc3cc(O)ccc3[C@@H]3[C@@H]2[C@@H]2CC[C@H](O)[C@@]2(C)C[C@@H]3F)C(C)=O)ccc2ccccc12. The Balaban J connectivity index is 1.11. The number of aryl methyl sites for hydroxylation is 1. The molecule has 3 aromatic rings. The number of halogens is 1. The monoisotopic (exact) mass is 641 g/mol. The predicted molar refractivity (Wildman–Crippen MR) is 191 cm³/mol. The lowest BCUT2D eigenvalue weighted by Crippen LogP contribution is -2.51. The lowest BCUT2D eigenvalue weighted by Gasteiger charge is -2.54. The Kier molecular flexibility index (Phi) is 10.6. The second-order valence-corrected chi connectivity index (χ2v) is 15.3. The largest absolute Gasteiger partial charge is 0.508 e. The molecule has 0 aliphatic heterocycles. The molecule has 3 aliphatic carbocycles. The molecule has 0 bridgehead atoms. The maximum Gasteiger partial charge on any atom is 0.223 e. The van der Waals surface area contributed by atoms with Crippen LogP contribution in [-0.2, 0) is 17.6 Å². The number of phenols is 1. The van der Waals surface area contributed by atoms with E-state index in [1.165, 1.54) is 35.6 Å². The lowest BCUT2D eigenvalue weighted by atomic mass is 9.51. The van der Waals surface area contributed by atoms with E-state index < -0.39 is 12.3 Å². The van der Waals surface area contributed by atoms with Crippen molar-refractivity contribution in [3.8, 4) is 5.75 Å². The molecule has 4 nitrogen and oxygen atoms in total. The zero-order chi connectivity index (χ0) is 33.1. The third-order valence-corrected chi connectivity index (χ3v) is 12.4. The molecule has 5 heteroatoms. The number of fused-ring (bicyclic) bond motifs is 6. The van der Waals surface area contributed by atoms with Crippen molar-refractivity contribution in [3.05, 3.63) is 71.3 Å². The van der Waals surface area contributed by atoms with Gasteiger partial charge in [-0.1, -0.05) is 88.8 Å². The van der Waals surface area contributed by atoms with E-state index in [1.54, 1.807) is 13.0 Å². The highest BCUT2D eigenvalue weighted by molar-refractivity contribution is 5.98. The van der Waals surface area contributed by atoms with Gasteiger partial charge in [-0.25, -0.2) is 4.39 Å². The first kappa shape index (κ1) is 34.0. The third kappa shape index (κ3) is 6.84. The topological polar surface area (TPSA) is 60.8 Å². The highest BCUT2D eigenvalue weighted by Crippen LogP contribution is 2.63. The molecule has 0 saturated heterocycles. The second-order valence-electron chi connectivity index (χ2n) is 15.3. The van der Waals surface area contributed by atoms with Gasteiger partial charge in [0.2, 0.25) is 5.91 Å². The van der Waals surface area contributed by atoms with Crippen molar-refractivity contribution in [1.82, 2.24) is 0 Å². The number of nitrogens with zero attached hydrogens (tertiary/aromatic N) is 1. The number of aliphatic hydroxyl groups excluding tert-OH is 1. The predicted octanol–water partition coefficient (Wildman–Crippen LogP) is 10.1. The van der Waals surface area contributed by atoms with Gasteiger partial charge in [-0.2, -0.15) is 0 Å². The molecule has 47 heavy (non-hydrogen) atoms. The Morgan fingerprint density at radius 1 is 0.979 bits per heavy atom. The number of carbonyl (C=O) groups excluding carboxylic acids is 1. The van der Waals surface area contributed by atoms with Crippen LogP contribution in [0.25, 0.3) is 10.8 Å². The molecule has 0 spiro atoms. The van der Waals surface area contributed by atoms with Gasteiger partial charge in [0.15, 0.2) is 0 Å². The minimum Gasteiger partial charge on any atom is -0.508 e. The van der Waals surface area contributed by atoms with Crippen molar-refractivity contribution in [2.45, 2.75) is 129 Å². The van der Waals surface area contributed by atoms with Gasteiger partial charge < -0.3 is 15.1 Å². The number of anilines is 1. The number of phenolic OH excluding ortho intramolecular Hbond substituents is 1. The van der Waals surface area contributed by atoms with Crippen LogP contribution >= 0.6 is 0 Å². The minimum atomic E-state index is -0.968. The normalized spacial score (nSPS) is 28.1. The summed E-state index contributed by atoms with van der Waals surface area (Å²) in [5.74, 6) is 1.14. The lowest BCUT2D eigenvalue weighted by molar-refractivity contribution is -0.116. The average Bonchev–Trinajstić information content (AvgIpc) is 3.35. The van der Waals surface area contributed by atoms with Crippen LogP contribution in [0.1, 0.15) is 120 Å². The molecule has 254 valence electrons. The summed E-state index contributed by atoms with van der Waals surface area (Å²) in [6.07, 6.45) is 12.6. The van der Waals surface area contributed by atoms with Crippen molar-refractivity contribution >= 4 is 22.4 Å². The molecule has 0 heterocycles. The summed E-state index contributed by atoms with van der Waals surface area (Å²) >= 11 is 0. The van der Waals surface area contributed by atoms with E-state index in [2.05, 4.69) is 50.2 Å². The second kappa shape index (κ2) is 14.7. The van der Waals surface area contributed by atoms with Gasteiger partial charge in [0, 0.05) is 25.1 Å². The quantitative estimate of drug-likeness (QED) is 0.183. The third-order valence-electron chi connectivity index (χ3n) is 12.4. The highest BCUT2D eigenvalue weighted by atomic mass is 19.1. The molecule has 0 radical (unpaired) electrons. The fraction of sp³-hybridized carbons (Fsp3) is 0.595. The summed E-state index contributed by atoms with van der Waals surface area (Å²) < 4.78 is 16.1. The number of alkyl halides is 1. The van der Waals surface area contributed by atoms with E-state index in [0.717, 1.165) is 87.6 Å². The van der Waals surface area contributed by atoms with Crippen molar-refractivity contribution in [3.63, 3.8) is 0 Å². The van der Waals surface area contributed by atoms with Gasteiger partial charge in [0.25, 0.3) is 0 Å². The van der Waals surface area contributed by atoms with E-state index >= 15 is 4.39 Å². The molecule has 2 fully saturated rings. The molecular formula is C42H56FNO3. The Morgan fingerprint density at radius 2 is 1.77 bits per heavy atom. The van der Waals surface area contributed by atoms with Crippen LogP contribution in [0.15, 0.2) is 54.6 Å². The number of hydrogen-bond acceptors (Lipinski definition) is 3. The summed E-state index contributed by atoms with van der Waals surface area (Å²) in [5, 5.41) is 23.7. The van der Waals surface area contributed by atoms with Crippen molar-refractivity contribution in [1.29, 1.82) is 0 Å². The number of benzene rings is 3. The summed E-state index contributed by atoms with van der Waals surface area (Å²) in [6, 6.07) is 18.4. The van der Waals surface area contributed by atoms with Crippen LogP contribution in [0, 0.1) is 23.2 Å². The number of hydrogen-bond donors (Lipinski definition) is 2. The number of aliphatic hydroxyl groups is 1. The molecule has 3 aromatic carbocycles. The molecule has 7 atom stereocenters. The Hall–Kier alpha value is -2.92. The van der Waals surface area contributed by atoms with Crippen molar-refractivity contribution in [2.24, 2.45) is 23.2 Å². The average molecular weight is 642 g/mol. The van der Waals surface area contributed by atoms with Crippen LogP contribution in [-0.4, -0.2) is 34.9 Å². The molecule has 6 rings (SSSR count). The smallest absolute Gasteiger partial charge is 0.223 e. The van der Waals surface area contributed by atoms with Gasteiger partial charge >= 0.3 is 0 Å². The molecule has 3 aliphatic rings. The van der Waals surface area contributed by atoms with Gasteiger partial charge in [-0.15, -0.1) is 0 Å². The van der Waals surface area contributed by atoms with Crippen molar-refractivity contribution < 1.29 is 19.4 Å². The van der Waals surface area contributed by atoms with Gasteiger partial charge in [0.1, 0.15) is 11.9 Å². The summed E-state index contributed by atoms with van der Waals surface area (Å²) in [6.45, 7) is 6.79. The molecule has 0 unspecified atom stereocenters. The first-order chi connectivity index (χ1) is 22.7. The van der Waals surface area contributed by atoms with E-state index in [0.29, 0.717) is 18.3 Å². The molecule has 2 saturated carbocycles. The standard InChI is InChI=1S/C42H56FNO3/c1-4-5-6-10-17-35-33-16-12-11-14-29(33)18-22-38(35)44(28(2)45)24-13-8-7-9-15-30-25-31-26-32(46)19-20-34(31)41-37(43)27-42(3)36(40(30)41)21-23-39(42)47/h11-12,14,16,18-20,22,26,30,36-37,39-41,46-47H,4-10,13,15,17,21,23-25,27H2,1-3H3/t30-,36+,37+,39+,40+,41+,42+/m1/s1. The first-order valence-corrected chi connectivity index (χ1v) is 18.7. The van der Waals surface area contributed by atoms with Crippen LogP contribution in [0.3, 0.4) is 0 Å². The van der Waals surface area contributed by atoms with Crippen LogP contribution in [0.2, 0.25) is 0 Å². The minimum absolute atomic E-state index is 0.102. The van der Waals surface area contributed by atoms with E-state index in [4.69, 9.17) is 0 Å². The number of amides is 1. The first-order valence-electron chi connectivity index (χ1n) is 18.7. The summed E-state index contributed by atoms with van der Waals surface area (Å²) in [5.41, 5.74) is 4.22. The summed E-state index contributed by atoms with van der Waals surface area (Å²) in [4.78, 5) is 15.0. The summed E-state index contributed by atoms with van der Waals surface area (Å²) in [7, 11) is 0. The molecule has 2 N–H and O–H groups in total. The van der Waals surface area contributed by atoms with Crippen LogP contribution in [0.5, 0.6) is 5.75 Å². The fourth-order valence-electron chi connectivity index (χ4n) is 10.1. The van der Waals surface area contributed by atoms with E-state index in [1.807, 2.05) is 17.0 Å². The molecule has 0 aromatic heterocycles. The van der Waals surface area contributed by atoms with Crippen LogP contribution in [0.4, 0.5) is 10.1 Å². The molecule has 1 amide bonds. The maximum atomic E-state index is 16.1. The fourth-order valence-corrected chi connectivity index (χ4v) is 10.1.